The highest BCUT2D eigenvalue weighted by Gasteiger charge is 2.21. The minimum Gasteiger partial charge on any atom is -0.310 e. The van der Waals surface area contributed by atoms with Gasteiger partial charge in [0.25, 0.3) is 0 Å². The molecule has 4 nitrogen and oxygen atoms in total. The third-order valence-electron chi connectivity index (χ3n) is 3.44. The van der Waals surface area contributed by atoms with Gasteiger partial charge >= 0.3 is 0 Å². The lowest BCUT2D eigenvalue weighted by Crippen LogP contribution is -2.21. The monoisotopic (exact) mass is 250 g/mol. The zero-order valence-corrected chi connectivity index (χ0v) is 11.9. The van der Waals surface area contributed by atoms with Crippen LogP contribution in [0.2, 0.25) is 0 Å². The lowest BCUT2D eigenvalue weighted by atomic mass is 10.1. The first kappa shape index (κ1) is 13.6. The molecule has 1 saturated carbocycles. The molecule has 1 aliphatic carbocycles. The third kappa shape index (κ3) is 3.82. The van der Waals surface area contributed by atoms with E-state index in [1.807, 2.05) is 0 Å². The fraction of sp³-hybridized carbons (Fsp3) is 0.786. The van der Waals surface area contributed by atoms with E-state index in [4.69, 9.17) is 0 Å². The lowest BCUT2D eigenvalue weighted by Gasteiger charge is -2.13. The van der Waals surface area contributed by atoms with Crippen LogP contribution in [0, 0.1) is 0 Å². The number of likely N-dealkylation sites (N-methyl/N-ethyl adjacent to an activating group) is 1. The Labute approximate surface area is 110 Å². The molecule has 0 aromatic carbocycles. The highest BCUT2D eigenvalue weighted by Crippen LogP contribution is 2.20. The molecule has 0 spiro atoms. The Balaban J connectivity index is 1.98. The Morgan fingerprint density at radius 3 is 2.83 bits per heavy atom. The van der Waals surface area contributed by atoms with Gasteiger partial charge in [-0.1, -0.05) is 13.3 Å². The molecule has 0 bridgehead atoms. The average molecular weight is 250 g/mol. The molecule has 18 heavy (non-hydrogen) atoms. The van der Waals surface area contributed by atoms with Gasteiger partial charge in [-0.05, 0) is 33.4 Å². The van der Waals surface area contributed by atoms with Gasteiger partial charge in [0.15, 0.2) is 0 Å². The molecular weight excluding hydrogens is 224 g/mol. The molecule has 1 aromatic rings. The number of hydrogen-bond donors (Lipinski definition) is 1. The Morgan fingerprint density at radius 2 is 2.22 bits per heavy atom. The Hall–Kier alpha value is -0.870. The topological polar surface area (TPSA) is 33.1 Å². The normalized spacial score (nSPS) is 15.6. The van der Waals surface area contributed by atoms with Crippen LogP contribution in [0.15, 0.2) is 6.20 Å². The van der Waals surface area contributed by atoms with Gasteiger partial charge in [0, 0.05) is 30.4 Å². The van der Waals surface area contributed by atoms with Crippen molar-refractivity contribution in [3.05, 3.63) is 17.5 Å². The van der Waals surface area contributed by atoms with Crippen LogP contribution in [0.25, 0.3) is 0 Å². The van der Waals surface area contributed by atoms with E-state index in [1.165, 1.54) is 30.5 Å². The predicted molar refractivity (Wildman–Crippen MR) is 74.6 cm³/mol. The number of hydrogen-bond acceptors (Lipinski definition) is 3. The largest absolute Gasteiger partial charge is 0.310 e. The molecule has 0 amide bonds. The van der Waals surface area contributed by atoms with Gasteiger partial charge in [0.2, 0.25) is 0 Å². The van der Waals surface area contributed by atoms with Crippen LogP contribution in [-0.2, 0) is 19.5 Å². The van der Waals surface area contributed by atoms with Crippen molar-refractivity contribution in [3.8, 4) is 0 Å². The van der Waals surface area contributed by atoms with E-state index >= 15 is 0 Å². The van der Waals surface area contributed by atoms with Crippen LogP contribution < -0.4 is 5.32 Å². The second kappa shape index (κ2) is 6.34. The van der Waals surface area contributed by atoms with Crippen LogP contribution in [0.3, 0.4) is 0 Å². The van der Waals surface area contributed by atoms with Crippen LogP contribution in [0.4, 0.5) is 0 Å². The molecule has 0 saturated heterocycles. The smallest absolute Gasteiger partial charge is 0.0539 e. The van der Waals surface area contributed by atoms with Crippen LogP contribution in [-0.4, -0.2) is 41.4 Å². The molecule has 0 radical (unpaired) electrons. The molecule has 0 atom stereocenters. The van der Waals surface area contributed by atoms with E-state index < -0.39 is 0 Å². The lowest BCUT2D eigenvalue weighted by molar-refractivity contribution is 0.369. The van der Waals surface area contributed by atoms with Gasteiger partial charge in [-0.25, -0.2) is 0 Å². The van der Waals surface area contributed by atoms with Crippen molar-refractivity contribution >= 4 is 0 Å². The summed E-state index contributed by atoms with van der Waals surface area (Å²) in [6.07, 6.45) is 7.06. The number of aromatic nitrogens is 2. The summed E-state index contributed by atoms with van der Waals surface area (Å²) in [5.74, 6) is 0. The van der Waals surface area contributed by atoms with Crippen molar-refractivity contribution in [1.29, 1.82) is 0 Å². The van der Waals surface area contributed by atoms with Gasteiger partial charge in [-0.3, -0.25) is 4.68 Å². The molecule has 1 fully saturated rings. The molecule has 1 aliphatic rings. The number of nitrogens with one attached hydrogen (secondary N) is 1. The molecule has 1 aromatic heterocycles. The van der Waals surface area contributed by atoms with Crippen LogP contribution in [0.5, 0.6) is 0 Å². The number of rotatable bonds is 8. The Bertz CT molecular complexity index is 342. The quantitative estimate of drug-likeness (QED) is 0.761. The minimum absolute atomic E-state index is 0.768. The minimum atomic E-state index is 0.768. The Morgan fingerprint density at radius 1 is 1.44 bits per heavy atom. The van der Waals surface area contributed by atoms with Crippen molar-refractivity contribution in [3.63, 3.8) is 0 Å². The van der Waals surface area contributed by atoms with Gasteiger partial charge in [-0.2, -0.15) is 5.10 Å². The third-order valence-corrected chi connectivity index (χ3v) is 3.44. The maximum absolute atomic E-state index is 4.56. The average Bonchev–Trinajstić information content (AvgIpc) is 3.08. The van der Waals surface area contributed by atoms with E-state index in [2.05, 4.69) is 47.2 Å². The zero-order valence-electron chi connectivity index (χ0n) is 11.9. The summed E-state index contributed by atoms with van der Waals surface area (Å²) in [6.45, 7) is 5.27. The summed E-state index contributed by atoms with van der Waals surface area (Å²) < 4.78 is 2.19. The zero-order chi connectivity index (χ0) is 13.0. The molecule has 1 heterocycles. The summed E-state index contributed by atoms with van der Waals surface area (Å²) >= 11 is 0. The first-order chi connectivity index (χ1) is 8.70. The number of nitrogens with zero attached hydrogens (tertiary/aromatic N) is 3. The van der Waals surface area contributed by atoms with Crippen molar-refractivity contribution in [1.82, 2.24) is 20.0 Å². The molecule has 4 heteroatoms. The maximum atomic E-state index is 4.56. The SMILES string of the molecule is CCCc1c(CNC2CC2)cnn1CCN(C)C. The summed E-state index contributed by atoms with van der Waals surface area (Å²) in [6, 6.07) is 0.768. The summed E-state index contributed by atoms with van der Waals surface area (Å²) in [7, 11) is 4.22. The molecule has 102 valence electrons. The maximum Gasteiger partial charge on any atom is 0.0539 e. The van der Waals surface area contributed by atoms with E-state index in [-0.39, 0.29) is 0 Å². The van der Waals surface area contributed by atoms with Crippen LogP contribution >= 0.6 is 0 Å². The summed E-state index contributed by atoms with van der Waals surface area (Å²) in [5, 5.41) is 8.14. The first-order valence-corrected chi connectivity index (χ1v) is 7.12. The fourth-order valence-corrected chi connectivity index (χ4v) is 2.15. The highest BCUT2D eigenvalue weighted by molar-refractivity contribution is 5.18. The molecule has 0 unspecified atom stereocenters. The van der Waals surface area contributed by atoms with Gasteiger partial charge in [0.1, 0.15) is 0 Å². The first-order valence-electron chi connectivity index (χ1n) is 7.12. The second-order valence-corrected chi connectivity index (χ2v) is 5.55. The van der Waals surface area contributed by atoms with E-state index in [9.17, 15) is 0 Å². The standard InChI is InChI=1S/C14H26N4/c1-4-5-14-12(10-15-13-6-7-13)11-16-18(14)9-8-17(2)3/h11,13,15H,4-10H2,1-3H3. The van der Waals surface area contributed by atoms with E-state index in [1.54, 1.807) is 0 Å². The molecule has 0 aliphatic heterocycles. The van der Waals surface area contributed by atoms with Crippen molar-refractivity contribution in [2.24, 2.45) is 0 Å². The summed E-state index contributed by atoms with van der Waals surface area (Å²) in [4.78, 5) is 2.21. The fourth-order valence-electron chi connectivity index (χ4n) is 2.15. The van der Waals surface area contributed by atoms with E-state index in [0.29, 0.717) is 0 Å². The van der Waals surface area contributed by atoms with Gasteiger partial charge in [0.05, 0.1) is 12.7 Å². The van der Waals surface area contributed by atoms with E-state index in [0.717, 1.165) is 32.1 Å². The molecule has 1 N–H and O–H groups in total. The van der Waals surface area contributed by atoms with Crippen LogP contribution in [0.1, 0.15) is 37.4 Å². The van der Waals surface area contributed by atoms with Crippen molar-refractivity contribution in [2.75, 3.05) is 20.6 Å². The molecular formula is C14H26N4. The Kier molecular flexibility index (Phi) is 4.78. The molecule has 2 rings (SSSR count). The van der Waals surface area contributed by atoms with Gasteiger partial charge in [-0.15, -0.1) is 0 Å². The van der Waals surface area contributed by atoms with Crippen molar-refractivity contribution < 1.29 is 0 Å². The summed E-state index contributed by atoms with van der Waals surface area (Å²) in [5.41, 5.74) is 2.81. The van der Waals surface area contributed by atoms with Crippen molar-refractivity contribution in [2.45, 2.75) is 51.7 Å². The van der Waals surface area contributed by atoms with Gasteiger partial charge < -0.3 is 10.2 Å². The predicted octanol–water partition coefficient (Wildman–Crippen LogP) is 1.65. The second-order valence-electron chi connectivity index (χ2n) is 5.55. The highest BCUT2D eigenvalue weighted by atomic mass is 15.3.